The summed E-state index contributed by atoms with van der Waals surface area (Å²) < 4.78 is 32.1. The van der Waals surface area contributed by atoms with Gasteiger partial charge in [-0.1, -0.05) is 30.9 Å². The van der Waals surface area contributed by atoms with E-state index >= 15 is 0 Å². The number of aliphatic imine (C=N–C) groups is 1. The van der Waals surface area contributed by atoms with Crippen molar-refractivity contribution in [3.8, 4) is 5.75 Å². The Kier molecular flexibility index (Phi) is 9.66. The van der Waals surface area contributed by atoms with Crippen molar-refractivity contribution < 1.29 is 13.2 Å². The lowest BCUT2D eigenvalue weighted by Gasteiger charge is -2.25. The highest BCUT2D eigenvalue weighted by atomic mass is 32.2. The first-order valence-electron chi connectivity index (χ1n) is 9.46. The summed E-state index contributed by atoms with van der Waals surface area (Å²) in [5.41, 5.74) is 0.958. The molecule has 1 heterocycles. The maximum atomic E-state index is 12.4. The smallest absolute Gasteiger partial charge is 0.215 e. The number of nitrogens with one attached hydrogen (secondary N) is 2. The zero-order valence-corrected chi connectivity index (χ0v) is 18.0. The zero-order chi connectivity index (χ0) is 20.2. The number of hydrogen-bond acceptors (Lipinski definition) is 5. The van der Waals surface area contributed by atoms with E-state index < -0.39 is 10.0 Å². The Morgan fingerprint density at radius 3 is 2.79 bits per heavy atom. The summed E-state index contributed by atoms with van der Waals surface area (Å²) in [4.78, 5) is 4.56. The fourth-order valence-corrected chi connectivity index (χ4v) is 5.17. The first-order valence-corrected chi connectivity index (χ1v) is 12.2. The predicted molar refractivity (Wildman–Crippen MR) is 118 cm³/mol. The average molecular weight is 427 g/mol. The highest BCUT2D eigenvalue weighted by molar-refractivity contribution is 7.99. The molecule has 1 aliphatic rings. The summed E-state index contributed by atoms with van der Waals surface area (Å²) >= 11 is 1.79. The van der Waals surface area contributed by atoms with Gasteiger partial charge in [-0.15, -0.1) is 0 Å². The molecular formula is C19H30N4O3S2. The van der Waals surface area contributed by atoms with E-state index in [0.717, 1.165) is 22.8 Å². The molecule has 0 spiro atoms. The number of thioether (sulfide) groups is 1. The number of rotatable bonds is 10. The number of hydrogen-bond donors (Lipinski definition) is 2. The Labute approximate surface area is 172 Å². The van der Waals surface area contributed by atoms with Gasteiger partial charge in [-0.2, -0.15) is 11.8 Å². The van der Waals surface area contributed by atoms with Crippen molar-refractivity contribution >= 4 is 27.7 Å². The van der Waals surface area contributed by atoms with Gasteiger partial charge >= 0.3 is 0 Å². The van der Waals surface area contributed by atoms with Crippen molar-refractivity contribution in [1.82, 2.24) is 14.9 Å². The molecule has 9 heteroatoms. The fourth-order valence-electron chi connectivity index (χ4n) is 2.68. The Morgan fingerprint density at radius 1 is 1.32 bits per heavy atom. The molecule has 2 N–H and O–H groups in total. The van der Waals surface area contributed by atoms with Crippen molar-refractivity contribution in [2.24, 2.45) is 4.99 Å². The minimum absolute atomic E-state index is 0.0567. The first-order chi connectivity index (χ1) is 13.6. The van der Waals surface area contributed by atoms with Gasteiger partial charge in [0.25, 0.3) is 0 Å². The van der Waals surface area contributed by atoms with Gasteiger partial charge in [-0.25, -0.2) is 17.7 Å². The Morgan fingerprint density at radius 2 is 2.07 bits per heavy atom. The van der Waals surface area contributed by atoms with Crippen LogP contribution >= 0.6 is 11.8 Å². The lowest BCUT2D eigenvalue weighted by molar-refractivity contribution is 0.359. The molecule has 0 amide bonds. The number of para-hydroxylation sites is 1. The molecule has 0 aliphatic carbocycles. The number of sulfonamides is 1. The lowest BCUT2D eigenvalue weighted by atomic mass is 10.2. The molecule has 1 aliphatic heterocycles. The number of ether oxygens (including phenoxy) is 1. The molecule has 0 unspecified atom stereocenters. The molecule has 0 saturated carbocycles. The summed E-state index contributed by atoms with van der Waals surface area (Å²) in [6.07, 6.45) is 1.70. The molecule has 0 atom stereocenters. The predicted octanol–water partition coefficient (Wildman–Crippen LogP) is 1.69. The normalized spacial score (nSPS) is 15.8. The minimum Gasteiger partial charge on any atom is -0.489 e. The summed E-state index contributed by atoms with van der Waals surface area (Å²) in [5.74, 6) is 3.15. The summed E-state index contributed by atoms with van der Waals surface area (Å²) in [7, 11) is -3.23. The third-order valence-corrected chi connectivity index (χ3v) is 6.91. The molecule has 0 bridgehead atoms. The average Bonchev–Trinajstić information content (AvgIpc) is 2.71. The van der Waals surface area contributed by atoms with Crippen LogP contribution in [0.3, 0.4) is 0 Å². The van der Waals surface area contributed by atoms with Gasteiger partial charge in [-0.3, -0.25) is 0 Å². The van der Waals surface area contributed by atoms with Gasteiger partial charge < -0.3 is 15.4 Å². The molecule has 28 heavy (non-hydrogen) atoms. The molecule has 1 aromatic carbocycles. The van der Waals surface area contributed by atoms with Gasteiger partial charge in [0.15, 0.2) is 5.96 Å². The van der Waals surface area contributed by atoms with Crippen LogP contribution in [0.25, 0.3) is 0 Å². The Balaban J connectivity index is 1.92. The molecule has 7 nitrogen and oxygen atoms in total. The lowest BCUT2D eigenvalue weighted by Crippen LogP contribution is -2.44. The Hall–Kier alpha value is -1.71. The topological polar surface area (TPSA) is 83.0 Å². The SMILES string of the molecule is C=CCOc1ccccc1CN=C(NCC)NCCS(=O)(=O)N1CCSCC1. The second-order valence-electron chi connectivity index (χ2n) is 6.16. The first kappa shape index (κ1) is 22.6. The largest absolute Gasteiger partial charge is 0.489 e. The maximum Gasteiger partial charge on any atom is 0.215 e. The van der Waals surface area contributed by atoms with E-state index in [1.54, 1.807) is 22.1 Å². The Bertz CT molecular complexity index is 747. The molecule has 1 saturated heterocycles. The van der Waals surface area contributed by atoms with Gasteiger partial charge in [0, 0.05) is 43.2 Å². The van der Waals surface area contributed by atoms with E-state index in [0.29, 0.717) is 45.3 Å². The van der Waals surface area contributed by atoms with Crippen LogP contribution in [0.1, 0.15) is 12.5 Å². The van der Waals surface area contributed by atoms with Crippen LogP contribution in [0.5, 0.6) is 5.75 Å². The molecule has 0 aromatic heterocycles. The van der Waals surface area contributed by atoms with Crippen LogP contribution in [-0.2, 0) is 16.6 Å². The summed E-state index contributed by atoms with van der Waals surface area (Å²) in [5, 5.41) is 6.27. The van der Waals surface area contributed by atoms with E-state index in [9.17, 15) is 8.42 Å². The quantitative estimate of drug-likeness (QED) is 0.337. The molecule has 1 aromatic rings. The van der Waals surface area contributed by atoms with Crippen molar-refractivity contribution in [2.45, 2.75) is 13.5 Å². The summed E-state index contributed by atoms with van der Waals surface area (Å²) in [6.45, 7) is 8.71. The number of guanidine groups is 1. The van der Waals surface area contributed by atoms with Crippen LogP contribution in [0.15, 0.2) is 41.9 Å². The highest BCUT2D eigenvalue weighted by Crippen LogP contribution is 2.18. The molecule has 0 radical (unpaired) electrons. The molecule has 156 valence electrons. The van der Waals surface area contributed by atoms with E-state index in [4.69, 9.17) is 4.74 Å². The minimum atomic E-state index is -3.23. The fraction of sp³-hybridized carbons (Fsp3) is 0.526. The van der Waals surface area contributed by atoms with Crippen LogP contribution in [0.2, 0.25) is 0 Å². The second-order valence-corrected chi connectivity index (χ2v) is 9.47. The zero-order valence-electron chi connectivity index (χ0n) is 16.4. The van der Waals surface area contributed by atoms with Crippen LogP contribution in [0, 0.1) is 0 Å². The third kappa shape index (κ3) is 7.37. The van der Waals surface area contributed by atoms with Crippen molar-refractivity contribution in [3.05, 3.63) is 42.5 Å². The van der Waals surface area contributed by atoms with Gasteiger partial charge in [0.1, 0.15) is 12.4 Å². The van der Waals surface area contributed by atoms with Crippen LogP contribution in [0.4, 0.5) is 0 Å². The van der Waals surface area contributed by atoms with Crippen LogP contribution in [-0.4, -0.2) is 68.7 Å². The maximum absolute atomic E-state index is 12.4. The standard InChI is InChI=1S/C19H30N4O3S2/c1-3-12-26-18-8-6-5-7-17(18)16-22-19(20-4-2)21-9-15-28(24,25)23-10-13-27-14-11-23/h3,5-8H,1,4,9-16H2,2H3,(H2,20,21,22). The van der Waals surface area contributed by atoms with Crippen molar-refractivity contribution in [3.63, 3.8) is 0 Å². The van der Waals surface area contributed by atoms with Gasteiger partial charge in [0.2, 0.25) is 10.0 Å². The van der Waals surface area contributed by atoms with E-state index in [1.165, 1.54) is 0 Å². The molecule has 1 fully saturated rings. The van der Waals surface area contributed by atoms with E-state index in [2.05, 4.69) is 22.2 Å². The van der Waals surface area contributed by atoms with Crippen molar-refractivity contribution in [1.29, 1.82) is 0 Å². The van der Waals surface area contributed by atoms with E-state index in [-0.39, 0.29) is 5.75 Å². The number of benzene rings is 1. The van der Waals surface area contributed by atoms with Crippen molar-refractivity contribution in [2.75, 3.05) is 50.0 Å². The highest BCUT2D eigenvalue weighted by Gasteiger charge is 2.23. The van der Waals surface area contributed by atoms with Gasteiger partial charge in [0.05, 0.1) is 12.3 Å². The summed E-state index contributed by atoms with van der Waals surface area (Å²) in [6, 6.07) is 7.72. The third-order valence-electron chi connectivity index (χ3n) is 4.10. The molecular weight excluding hydrogens is 396 g/mol. The monoisotopic (exact) mass is 426 g/mol. The molecule has 2 rings (SSSR count). The van der Waals surface area contributed by atoms with E-state index in [1.807, 2.05) is 31.2 Å². The second kappa shape index (κ2) is 12.0. The van der Waals surface area contributed by atoms with Crippen LogP contribution < -0.4 is 15.4 Å². The van der Waals surface area contributed by atoms with Gasteiger partial charge in [-0.05, 0) is 13.0 Å². The number of nitrogens with zero attached hydrogens (tertiary/aromatic N) is 2.